The van der Waals surface area contributed by atoms with Gasteiger partial charge < -0.3 is 9.84 Å². The first-order valence-corrected chi connectivity index (χ1v) is 7.91. The topological polar surface area (TPSA) is 48.8 Å². The fourth-order valence-corrected chi connectivity index (χ4v) is 2.93. The molecule has 0 aliphatic carbocycles. The van der Waals surface area contributed by atoms with E-state index in [-0.39, 0.29) is 11.8 Å². The molecule has 0 aromatic carbocycles. The van der Waals surface area contributed by atoms with E-state index in [0.717, 1.165) is 6.07 Å². The Hall–Kier alpha value is -2.55. The number of aromatic nitrogens is 1. The lowest BCUT2D eigenvalue weighted by atomic mass is 10.0. The van der Waals surface area contributed by atoms with Gasteiger partial charge in [0.2, 0.25) is 0 Å². The SMILES string of the molecule is CCC1C(O)=C2C=C(c3cnc(OCC(F)(F)F)c(F)c3)C=CN2N1C. The van der Waals surface area contributed by atoms with Gasteiger partial charge in [-0.3, -0.25) is 5.01 Å². The van der Waals surface area contributed by atoms with E-state index in [2.05, 4.69) is 9.72 Å². The van der Waals surface area contributed by atoms with Gasteiger partial charge in [0.15, 0.2) is 12.4 Å². The van der Waals surface area contributed by atoms with Crippen LogP contribution in [-0.4, -0.2) is 46.0 Å². The van der Waals surface area contributed by atoms with E-state index in [0.29, 0.717) is 23.3 Å². The quantitative estimate of drug-likeness (QED) is 0.817. The highest BCUT2D eigenvalue weighted by atomic mass is 19.4. The largest absolute Gasteiger partial charge is 0.508 e. The standard InChI is InChI=1S/C17H17F4N3O2/c1-3-13-15(25)14-7-10(4-5-24(14)23(13)2)11-6-12(18)16(22-8-11)26-9-17(19,20)21/h4-8,13,25H,3,9H2,1-2H3. The molecule has 3 rings (SSSR count). The van der Waals surface area contributed by atoms with Crippen LogP contribution >= 0.6 is 0 Å². The van der Waals surface area contributed by atoms with Crippen molar-refractivity contribution in [3.05, 3.63) is 53.5 Å². The van der Waals surface area contributed by atoms with Crippen LogP contribution < -0.4 is 4.74 Å². The van der Waals surface area contributed by atoms with E-state index in [1.165, 1.54) is 6.20 Å². The van der Waals surface area contributed by atoms with E-state index in [1.54, 1.807) is 23.4 Å². The second kappa shape index (κ2) is 6.64. The molecule has 140 valence electrons. The lowest BCUT2D eigenvalue weighted by Gasteiger charge is -2.29. The van der Waals surface area contributed by atoms with Crippen molar-refractivity contribution < 1.29 is 27.4 Å². The minimum absolute atomic E-state index is 0.154. The first-order chi connectivity index (χ1) is 12.2. The molecule has 0 bridgehead atoms. The Kier molecular flexibility index (Phi) is 4.66. The Labute approximate surface area is 147 Å². The highest BCUT2D eigenvalue weighted by molar-refractivity contribution is 5.77. The molecule has 26 heavy (non-hydrogen) atoms. The van der Waals surface area contributed by atoms with Gasteiger partial charge >= 0.3 is 6.18 Å². The molecule has 1 unspecified atom stereocenters. The van der Waals surface area contributed by atoms with Gasteiger partial charge in [-0.1, -0.05) is 6.92 Å². The first kappa shape index (κ1) is 18.2. The second-order valence-electron chi connectivity index (χ2n) is 5.94. The van der Waals surface area contributed by atoms with E-state index in [9.17, 15) is 22.7 Å². The minimum Gasteiger partial charge on any atom is -0.508 e. The summed E-state index contributed by atoms with van der Waals surface area (Å²) in [7, 11) is 1.84. The van der Waals surface area contributed by atoms with Gasteiger partial charge in [0.1, 0.15) is 5.76 Å². The molecule has 5 nitrogen and oxygen atoms in total. The van der Waals surface area contributed by atoms with Crippen molar-refractivity contribution in [3.8, 4) is 5.88 Å². The summed E-state index contributed by atoms with van der Waals surface area (Å²) in [6.45, 7) is 0.336. The fraction of sp³-hybridized carbons (Fsp3) is 0.353. The highest BCUT2D eigenvalue weighted by Crippen LogP contribution is 2.35. The minimum atomic E-state index is -4.57. The Morgan fingerprint density at radius 3 is 2.69 bits per heavy atom. The van der Waals surface area contributed by atoms with Gasteiger partial charge in [-0.05, 0) is 30.2 Å². The summed E-state index contributed by atoms with van der Waals surface area (Å²) in [6.07, 6.45) is 2.48. The summed E-state index contributed by atoms with van der Waals surface area (Å²) in [5, 5.41) is 14.0. The number of fused-ring (bicyclic) bond motifs is 1. The number of nitrogens with zero attached hydrogens (tertiary/aromatic N) is 3. The van der Waals surface area contributed by atoms with Gasteiger partial charge in [0.25, 0.3) is 5.88 Å². The van der Waals surface area contributed by atoms with Crippen LogP contribution in [0.15, 0.2) is 42.1 Å². The van der Waals surface area contributed by atoms with E-state index in [4.69, 9.17) is 0 Å². The van der Waals surface area contributed by atoms with Crippen molar-refractivity contribution in [2.45, 2.75) is 25.6 Å². The number of alkyl halides is 3. The molecule has 0 spiro atoms. The summed E-state index contributed by atoms with van der Waals surface area (Å²) in [5.41, 5.74) is 1.50. The number of ether oxygens (including phenoxy) is 1. The Balaban J connectivity index is 1.85. The third-order valence-electron chi connectivity index (χ3n) is 4.20. The normalized spacial score (nSPS) is 20.5. The maximum absolute atomic E-state index is 14.0. The van der Waals surface area contributed by atoms with Crippen LogP contribution in [0.25, 0.3) is 5.57 Å². The number of hydrogen-bond donors (Lipinski definition) is 1. The molecule has 1 aromatic heterocycles. The molecule has 2 aliphatic rings. The molecule has 9 heteroatoms. The van der Waals surface area contributed by atoms with Gasteiger partial charge in [-0.15, -0.1) is 0 Å². The third kappa shape index (κ3) is 3.39. The van der Waals surface area contributed by atoms with Crippen LogP contribution in [0.4, 0.5) is 17.6 Å². The van der Waals surface area contributed by atoms with Crippen molar-refractivity contribution in [2.75, 3.05) is 13.7 Å². The summed E-state index contributed by atoms with van der Waals surface area (Å²) < 4.78 is 54.9. The second-order valence-corrected chi connectivity index (χ2v) is 5.94. The zero-order chi connectivity index (χ0) is 19.1. The average Bonchev–Trinajstić information content (AvgIpc) is 2.83. The number of hydrazine groups is 1. The number of rotatable bonds is 4. The Bertz CT molecular complexity index is 802. The fourth-order valence-electron chi connectivity index (χ4n) is 2.93. The van der Waals surface area contributed by atoms with Crippen LogP contribution in [0, 0.1) is 5.82 Å². The Morgan fingerprint density at radius 2 is 2.08 bits per heavy atom. The monoisotopic (exact) mass is 371 g/mol. The molecule has 3 heterocycles. The van der Waals surface area contributed by atoms with Crippen molar-refractivity contribution in [1.29, 1.82) is 0 Å². The molecule has 2 aliphatic heterocycles. The number of aliphatic hydroxyl groups is 1. The van der Waals surface area contributed by atoms with Crippen LogP contribution in [0.5, 0.6) is 5.88 Å². The highest BCUT2D eigenvalue weighted by Gasteiger charge is 2.35. The van der Waals surface area contributed by atoms with Gasteiger partial charge in [-0.2, -0.15) is 13.2 Å². The summed E-state index contributed by atoms with van der Waals surface area (Å²) in [4.78, 5) is 3.63. The molecule has 1 atom stereocenters. The molecule has 1 N–H and O–H groups in total. The van der Waals surface area contributed by atoms with Crippen LogP contribution in [0.3, 0.4) is 0 Å². The van der Waals surface area contributed by atoms with Gasteiger partial charge in [0, 0.05) is 25.0 Å². The predicted octanol–water partition coefficient (Wildman–Crippen LogP) is 3.78. The number of hydrogen-bond acceptors (Lipinski definition) is 5. The first-order valence-electron chi connectivity index (χ1n) is 7.91. The molecule has 0 saturated carbocycles. The number of aliphatic hydroxyl groups excluding tert-OH is 1. The molecule has 1 aromatic rings. The van der Waals surface area contributed by atoms with Gasteiger partial charge in [0.05, 0.1) is 11.7 Å². The number of likely N-dealkylation sites (N-methyl/N-ethyl adjacent to an activating group) is 1. The Morgan fingerprint density at radius 1 is 1.35 bits per heavy atom. The zero-order valence-corrected chi connectivity index (χ0v) is 14.1. The van der Waals surface area contributed by atoms with Crippen LogP contribution in [0.1, 0.15) is 18.9 Å². The van der Waals surface area contributed by atoms with Crippen molar-refractivity contribution in [2.24, 2.45) is 0 Å². The average molecular weight is 371 g/mol. The lowest BCUT2D eigenvalue weighted by Crippen LogP contribution is -2.36. The molecular formula is C17H17F4N3O2. The van der Waals surface area contributed by atoms with E-state index in [1.807, 2.05) is 19.0 Å². The van der Waals surface area contributed by atoms with Crippen molar-refractivity contribution >= 4 is 5.57 Å². The molecule has 0 saturated heterocycles. The van der Waals surface area contributed by atoms with Crippen LogP contribution in [0.2, 0.25) is 0 Å². The van der Waals surface area contributed by atoms with E-state index >= 15 is 0 Å². The van der Waals surface area contributed by atoms with E-state index < -0.39 is 24.5 Å². The maximum Gasteiger partial charge on any atom is 0.422 e. The van der Waals surface area contributed by atoms with Crippen molar-refractivity contribution in [3.63, 3.8) is 0 Å². The molecule has 0 amide bonds. The van der Waals surface area contributed by atoms with Gasteiger partial charge in [-0.25, -0.2) is 14.4 Å². The van der Waals surface area contributed by atoms with Crippen molar-refractivity contribution in [1.82, 2.24) is 15.0 Å². The smallest absolute Gasteiger partial charge is 0.422 e. The summed E-state index contributed by atoms with van der Waals surface area (Å²) >= 11 is 0. The molecular weight excluding hydrogens is 354 g/mol. The third-order valence-corrected chi connectivity index (χ3v) is 4.20. The maximum atomic E-state index is 14.0. The summed E-state index contributed by atoms with van der Waals surface area (Å²) in [6, 6.07) is 0.899. The number of halogens is 4. The number of pyridine rings is 1. The predicted molar refractivity (Wildman–Crippen MR) is 86.2 cm³/mol. The molecule has 0 radical (unpaired) electrons. The zero-order valence-electron chi connectivity index (χ0n) is 14.1. The summed E-state index contributed by atoms with van der Waals surface area (Å²) in [5.74, 6) is -1.49. The number of allylic oxidation sites excluding steroid dienone is 3. The molecule has 0 fully saturated rings. The van der Waals surface area contributed by atoms with Crippen LogP contribution in [-0.2, 0) is 0 Å². The lowest BCUT2D eigenvalue weighted by molar-refractivity contribution is -0.154.